The molecule has 0 spiro atoms. The average Bonchev–Trinajstić information content (AvgIpc) is 2.81. The van der Waals surface area contributed by atoms with Crippen LogP contribution in [0.3, 0.4) is 0 Å². The van der Waals surface area contributed by atoms with Gasteiger partial charge in [0.15, 0.2) is 0 Å². The summed E-state index contributed by atoms with van der Waals surface area (Å²) in [6, 6.07) is 14.9. The van der Waals surface area contributed by atoms with Crippen molar-refractivity contribution >= 4 is 15.9 Å². The van der Waals surface area contributed by atoms with E-state index in [1.165, 1.54) is 22.3 Å². The van der Waals surface area contributed by atoms with Crippen molar-refractivity contribution in [3.8, 4) is 5.75 Å². The largest absolute Gasteiger partial charge is 0.488 e. The van der Waals surface area contributed by atoms with Crippen LogP contribution in [0.4, 0.5) is 0 Å². The highest BCUT2D eigenvalue weighted by Crippen LogP contribution is 2.39. The normalized spacial score (nSPS) is 18.8. The number of rotatable bonds is 2. The fourth-order valence-corrected chi connectivity index (χ4v) is 3.52. The van der Waals surface area contributed by atoms with Crippen LogP contribution in [0, 0.1) is 13.8 Å². The van der Waals surface area contributed by atoms with Gasteiger partial charge < -0.3 is 4.74 Å². The van der Waals surface area contributed by atoms with E-state index in [4.69, 9.17) is 4.74 Å². The molecule has 0 fully saturated rings. The van der Waals surface area contributed by atoms with Crippen LogP contribution in [-0.4, -0.2) is 6.10 Å². The summed E-state index contributed by atoms with van der Waals surface area (Å²) in [5, 5.41) is 0. The molecule has 19 heavy (non-hydrogen) atoms. The molecule has 0 aliphatic carbocycles. The first-order chi connectivity index (χ1) is 9.15. The summed E-state index contributed by atoms with van der Waals surface area (Å²) in [5.41, 5.74) is 5.25. The van der Waals surface area contributed by atoms with Gasteiger partial charge in [0.1, 0.15) is 11.9 Å². The number of aryl methyl sites for hydroxylation is 2. The smallest absolute Gasteiger partial charge is 0.123 e. The lowest BCUT2D eigenvalue weighted by molar-refractivity contribution is 0.231. The van der Waals surface area contributed by atoms with Crippen LogP contribution in [0.25, 0.3) is 0 Å². The van der Waals surface area contributed by atoms with Gasteiger partial charge in [-0.2, -0.15) is 0 Å². The van der Waals surface area contributed by atoms with E-state index in [1.807, 2.05) is 6.07 Å². The maximum atomic E-state index is 6.06. The zero-order chi connectivity index (χ0) is 13.4. The van der Waals surface area contributed by atoms with Crippen molar-refractivity contribution in [2.75, 3.05) is 0 Å². The lowest BCUT2D eigenvalue weighted by Crippen LogP contribution is -2.19. The average molecular weight is 317 g/mol. The third kappa shape index (κ3) is 2.42. The van der Waals surface area contributed by atoms with Crippen molar-refractivity contribution in [1.29, 1.82) is 0 Å². The minimum atomic E-state index is 0.179. The van der Waals surface area contributed by atoms with E-state index in [0.29, 0.717) is 0 Å². The molecule has 1 nitrogen and oxygen atoms in total. The van der Waals surface area contributed by atoms with Crippen LogP contribution in [-0.2, 0) is 6.42 Å². The maximum absolute atomic E-state index is 6.06. The second-order valence-corrected chi connectivity index (χ2v) is 6.22. The van der Waals surface area contributed by atoms with Crippen LogP contribution >= 0.6 is 15.9 Å². The highest BCUT2D eigenvalue weighted by Gasteiger charge is 2.30. The Bertz CT molecular complexity index is 581. The van der Waals surface area contributed by atoms with Crippen LogP contribution in [0.2, 0.25) is 0 Å². The molecule has 0 N–H and O–H groups in total. The zero-order valence-corrected chi connectivity index (χ0v) is 12.8. The molecule has 2 aromatic rings. The molecule has 98 valence electrons. The second kappa shape index (κ2) is 5.01. The summed E-state index contributed by atoms with van der Waals surface area (Å²) in [5.74, 6) is 1.03. The number of para-hydroxylation sites is 1. The van der Waals surface area contributed by atoms with Gasteiger partial charge in [-0.3, -0.25) is 0 Å². The van der Waals surface area contributed by atoms with Gasteiger partial charge in [-0.05, 0) is 36.6 Å². The van der Waals surface area contributed by atoms with E-state index in [0.717, 1.165) is 12.2 Å². The molecule has 3 rings (SSSR count). The maximum Gasteiger partial charge on any atom is 0.123 e. The SMILES string of the molecule is Cc1ccc(C(Br)C2Cc3ccccc3O2)c(C)c1. The Labute approximate surface area is 122 Å². The Kier molecular flexibility index (Phi) is 3.36. The topological polar surface area (TPSA) is 9.23 Å². The first-order valence-electron chi connectivity index (χ1n) is 6.61. The van der Waals surface area contributed by atoms with E-state index >= 15 is 0 Å². The van der Waals surface area contributed by atoms with Crippen LogP contribution < -0.4 is 4.74 Å². The predicted molar refractivity (Wildman–Crippen MR) is 82.1 cm³/mol. The lowest BCUT2D eigenvalue weighted by Gasteiger charge is -2.20. The molecule has 0 aromatic heterocycles. The van der Waals surface area contributed by atoms with Gasteiger partial charge in [-0.25, -0.2) is 0 Å². The van der Waals surface area contributed by atoms with Gasteiger partial charge >= 0.3 is 0 Å². The molecule has 2 heteroatoms. The molecular formula is C17H17BrO. The van der Waals surface area contributed by atoms with Crippen molar-refractivity contribution in [2.24, 2.45) is 0 Å². The van der Waals surface area contributed by atoms with Crippen LogP contribution in [0.1, 0.15) is 27.1 Å². The summed E-state index contributed by atoms with van der Waals surface area (Å²) in [6.07, 6.45) is 1.15. The van der Waals surface area contributed by atoms with Gasteiger partial charge in [-0.15, -0.1) is 0 Å². The Morgan fingerprint density at radius 3 is 2.68 bits per heavy atom. The second-order valence-electron chi connectivity index (χ2n) is 5.23. The van der Waals surface area contributed by atoms with E-state index in [9.17, 15) is 0 Å². The molecule has 2 atom stereocenters. The monoisotopic (exact) mass is 316 g/mol. The molecule has 0 saturated carbocycles. The summed E-state index contributed by atoms with van der Waals surface area (Å²) in [7, 11) is 0. The molecular weight excluding hydrogens is 300 g/mol. The Morgan fingerprint density at radius 2 is 1.95 bits per heavy atom. The van der Waals surface area contributed by atoms with Crippen LogP contribution in [0.5, 0.6) is 5.75 Å². The standard InChI is InChI=1S/C17H17BrO/c1-11-7-8-14(12(2)9-11)17(18)16-10-13-5-3-4-6-15(13)19-16/h3-9,16-17H,10H2,1-2H3. The fourth-order valence-electron chi connectivity index (χ4n) is 2.71. The number of hydrogen-bond donors (Lipinski definition) is 0. The number of benzene rings is 2. The van der Waals surface area contributed by atoms with E-state index in [1.54, 1.807) is 0 Å². The summed E-state index contributed by atoms with van der Waals surface area (Å²) < 4.78 is 6.06. The van der Waals surface area contributed by atoms with Crippen molar-refractivity contribution in [1.82, 2.24) is 0 Å². The van der Waals surface area contributed by atoms with Gasteiger partial charge in [0.25, 0.3) is 0 Å². The highest BCUT2D eigenvalue weighted by atomic mass is 79.9. The summed E-state index contributed by atoms with van der Waals surface area (Å²) in [4.78, 5) is 0.237. The lowest BCUT2D eigenvalue weighted by atomic mass is 9.98. The molecule has 2 unspecified atom stereocenters. The minimum Gasteiger partial charge on any atom is -0.488 e. The molecule has 1 heterocycles. The summed E-state index contributed by atoms with van der Waals surface area (Å²) >= 11 is 3.82. The molecule has 0 saturated heterocycles. The van der Waals surface area contributed by atoms with E-state index < -0.39 is 0 Å². The number of hydrogen-bond acceptors (Lipinski definition) is 1. The minimum absolute atomic E-state index is 0.179. The molecule has 0 radical (unpaired) electrons. The first kappa shape index (κ1) is 12.7. The van der Waals surface area contributed by atoms with Gasteiger partial charge in [0, 0.05) is 6.42 Å². The van der Waals surface area contributed by atoms with Gasteiger partial charge in [-0.1, -0.05) is 57.9 Å². The molecule has 0 bridgehead atoms. The molecule has 1 aliphatic heterocycles. The fraction of sp³-hybridized carbons (Fsp3) is 0.294. The molecule has 2 aromatic carbocycles. The Morgan fingerprint density at radius 1 is 1.16 bits per heavy atom. The molecule has 1 aliphatic rings. The highest BCUT2D eigenvalue weighted by molar-refractivity contribution is 9.09. The predicted octanol–water partition coefficient (Wildman–Crippen LogP) is 4.74. The molecule has 0 amide bonds. The Hall–Kier alpha value is -1.28. The quantitative estimate of drug-likeness (QED) is 0.727. The number of alkyl halides is 1. The summed E-state index contributed by atoms with van der Waals surface area (Å²) in [6.45, 7) is 4.29. The van der Waals surface area contributed by atoms with Crippen molar-refractivity contribution in [3.05, 3.63) is 64.7 Å². The van der Waals surface area contributed by atoms with E-state index in [2.05, 4.69) is 66.2 Å². The van der Waals surface area contributed by atoms with E-state index in [-0.39, 0.29) is 10.9 Å². The number of fused-ring (bicyclic) bond motifs is 1. The Balaban J connectivity index is 1.85. The van der Waals surface area contributed by atoms with Gasteiger partial charge in [0.05, 0.1) is 4.83 Å². The first-order valence-corrected chi connectivity index (χ1v) is 7.52. The zero-order valence-electron chi connectivity index (χ0n) is 11.2. The number of halogens is 1. The number of ether oxygens (including phenoxy) is 1. The van der Waals surface area contributed by atoms with Crippen molar-refractivity contribution in [3.63, 3.8) is 0 Å². The van der Waals surface area contributed by atoms with Crippen LogP contribution in [0.15, 0.2) is 42.5 Å². The third-order valence-electron chi connectivity index (χ3n) is 3.72. The third-order valence-corrected chi connectivity index (χ3v) is 4.80. The van der Waals surface area contributed by atoms with Crippen molar-refractivity contribution in [2.45, 2.75) is 31.2 Å². The van der Waals surface area contributed by atoms with Crippen molar-refractivity contribution < 1.29 is 4.74 Å². The van der Waals surface area contributed by atoms with Gasteiger partial charge in [0.2, 0.25) is 0 Å².